The molecule has 2 aliphatic rings. The molecule has 2 aliphatic heterocycles. The standard InChI is InChI=1S/C12H12ClN3OS/c1-8-2-3-9(4-10(8)13)15-6-14-12-16(7-15)11(17)5-18-12/h2-4H,5-7H2,1H3. The third-order valence-corrected chi connectivity index (χ3v) is 4.47. The van der Waals surface area contributed by atoms with Crippen molar-refractivity contribution in [2.75, 3.05) is 24.0 Å². The van der Waals surface area contributed by atoms with E-state index < -0.39 is 0 Å². The quantitative estimate of drug-likeness (QED) is 0.792. The molecule has 0 bridgehead atoms. The highest BCUT2D eigenvalue weighted by atomic mass is 35.5. The number of thioether (sulfide) groups is 1. The summed E-state index contributed by atoms with van der Waals surface area (Å²) >= 11 is 7.64. The first-order valence-corrected chi connectivity index (χ1v) is 7.00. The van der Waals surface area contributed by atoms with Crippen LogP contribution in [0.4, 0.5) is 5.69 Å². The lowest BCUT2D eigenvalue weighted by molar-refractivity contribution is -0.124. The van der Waals surface area contributed by atoms with Crippen LogP contribution >= 0.6 is 23.4 Å². The lowest BCUT2D eigenvalue weighted by Gasteiger charge is -2.32. The van der Waals surface area contributed by atoms with Gasteiger partial charge in [-0.1, -0.05) is 29.4 Å². The number of aryl methyl sites for hydroxylation is 1. The first-order valence-electron chi connectivity index (χ1n) is 5.64. The molecule has 1 aromatic rings. The van der Waals surface area contributed by atoms with Crippen molar-refractivity contribution < 1.29 is 4.79 Å². The predicted molar refractivity (Wildman–Crippen MR) is 75.1 cm³/mol. The van der Waals surface area contributed by atoms with Gasteiger partial charge < -0.3 is 4.90 Å². The van der Waals surface area contributed by atoms with Crippen molar-refractivity contribution in [3.63, 3.8) is 0 Å². The second-order valence-electron chi connectivity index (χ2n) is 4.31. The van der Waals surface area contributed by atoms with E-state index in [9.17, 15) is 4.79 Å². The van der Waals surface area contributed by atoms with Gasteiger partial charge in [-0.05, 0) is 24.6 Å². The Morgan fingerprint density at radius 3 is 3.06 bits per heavy atom. The van der Waals surface area contributed by atoms with Crippen molar-refractivity contribution >= 4 is 40.1 Å². The molecule has 4 nitrogen and oxygen atoms in total. The number of amidine groups is 1. The van der Waals surface area contributed by atoms with Crippen LogP contribution in [0.15, 0.2) is 23.2 Å². The summed E-state index contributed by atoms with van der Waals surface area (Å²) in [5, 5.41) is 1.58. The first-order chi connectivity index (χ1) is 8.65. The minimum absolute atomic E-state index is 0.127. The predicted octanol–water partition coefficient (Wildman–Crippen LogP) is 2.31. The number of nitrogens with zero attached hydrogens (tertiary/aromatic N) is 3. The number of fused-ring (bicyclic) bond motifs is 1. The van der Waals surface area contributed by atoms with Gasteiger partial charge in [0.05, 0.1) is 5.75 Å². The van der Waals surface area contributed by atoms with E-state index in [-0.39, 0.29) is 5.91 Å². The molecule has 1 saturated heterocycles. The fourth-order valence-electron chi connectivity index (χ4n) is 1.96. The summed E-state index contributed by atoms with van der Waals surface area (Å²) in [6, 6.07) is 5.91. The molecule has 0 aliphatic carbocycles. The Balaban J connectivity index is 1.86. The van der Waals surface area contributed by atoms with Crippen molar-refractivity contribution in [3.05, 3.63) is 28.8 Å². The summed E-state index contributed by atoms with van der Waals surface area (Å²) in [5.41, 5.74) is 2.05. The molecule has 3 rings (SSSR count). The Morgan fingerprint density at radius 2 is 2.28 bits per heavy atom. The highest BCUT2D eigenvalue weighted by molar-refractivity contribution is 8.15. The van der Waals surface area contributed by atoms with Crippen LogP contribution in [-0.2, 0) is 4.79 Å². The number of hydrogen-bond acceptors (Lipinski definition) is 4. The van der Waals surface area contributed by atoms with E-state index in [1.165, 1.54) is 11.8 Å². The zero-order valence-electron chi connectivity index (χ0n) is 9.89. The zero-order valence-corrected chi connectivity index (χ0v) is 11.5. The molecule has 0 radical (unpaired) electrons. The van der Waals surface area contributed by atoms with Crippen LogP contribution in [0, 0.1) is 6.92 Å². The number of hydrogen-bond donors (Lipinski definition) is 0. The normalized spacial score (nSPS) is 19.0. The molecule has 0 spiro atoms. The molecule has 1 amide bonds. The van der Waals surface area contributed by atoms with E-state index in [1.54, 1.807) is 4.90 Å². The molecule has 0 unspecified atom stereocenters. The maximum atomic E-state index is 11.7. The number of aliphatic imine (C=N–C) groups is 1. The summed E-state index contributed by atoms with van der Waals surface area (Å²) in [6.45, 7) is 3.11. The first kappa shape index (κ1) is 11.9. The molecule has 6 heteroatoms. The van der Waals surface area contributed by atoms with Gasteiger partial charge in [-0.25, -0.2) is 4.99 Å². The molecule has 94 valence electrons. The monoisotopic (exact) mass is 281 g/mol. The smallest absolute Gasteiger partial charge is 0.240 e. The zero-order chi connectivity index (χ0) is 12.7. The summed E-state index contributed by atoms with van der Waals surface area (Å²) in [7, 11) is 0. The lowest BCUT2D eigenvalue weighted by atomic mass is 10.2. The molecule has 2 heterocycles. The second kappa shape index (κ2) is 4.48. The fourth-order valence-corrected chi connectivity index (χ4v) is 3.01. The number of carbonyl (C=O) groups excluding carboxylic acids is 1. The van der Waals surface area contributed by atoms with E-state index in [4.69, 9.17) is 11.6 Å². The van der Waals surface area contributed by atoms with E-state index in [0.29, 0.717) is 19.1 Å². The van der Waals surface area contributed by atoms with Crippen LogP contribution < -0.4 is 4.90 Å². The van der Waals surface area contributed by atoms with Gasteiger partial charge in [0.15, 0.2) is 5.17 Å². The Labute approximate surface area is 115 Å². The summed E-state index contributed by atoms with van der Waals surface area (Å²) in [6.07, 6.45) is 0. The van der Waals surface area contributed by atoms with E-state index in [1.807, 2.05) is 30.0 Å². The SMILES string of the molecule is Cc1ccc(N2CN=C3SCC(=O)N3C2)cc1Cl. The highest BCUT2D eigenvalue weighted by Gasteiger charge is 2.32. The summed E-state index contributed by atoms with van der Waals surface area (Å²) in [5.74, 6) is 0.628. The second-order valence-corrected chi connectivity index (χ2v) is 5.66. The number of halogens is 1. The fraction of sp³-hybridized carbons (Fsp3) is 0.333. The lowest BCUT2D eigenvalue weighted by Crippen LogP contribution is -2.45. The van der Waals surface area contributed by atoms with E-state index >= 15 is 0 Å². The molecule has 1 aromatic carbocycles. The number of carbonyl (C=O) groups is 1. The van der Waals surface area contributed by atoms with Crippen LogP contribution in [0.3, 0.4) is 0 Å². The van der Waals surface area contributed by atoms with Crippen LogP contribution in [-0.4, -0.2) is 35.1 Å². The third kappa shape index (κ3) is 1.97. The third-order valence-electron chi connectivity index (χ3n) is 3.07. The number of benzene rings is 1. The highest BCUT2D eigenvalue weighted by Crippen LogP contribution is 2.28. The van der Waals surface area contributed by atoms with Gasteiger partial charge >= 0.3 is 0 Å². The van der Waals surface area contributed by atoms with E-state index in [2.05, 4.69) is 4.99 Å². The molecular weight excluding hydrogens is 270 g/mol. The van der Waals surface area contributed by atoms with Crippen molar-refractivity contribution in [1.29, 1.82) is 0 Å². The van der Waals surface area contributed by atoms with Gasteiger partial charge in [0.1, 0.15) is 13.3 Å². The summed E-state index contributed by atoms with van der Waals surface area (Å²) < 4.78 is 0. The van der Waals surface area contributed by atoms with Crippen LogP contribution in [0.25, 0.3) is 0 Å². The Bertz CT molecular complexity index is 546. The van der Waals surface area contributed by atoms with Gasteiger partial charge in [-0.2, -0.15) is 0 Å². The minimum Gasteiger partial charge on any atom is -0.334 e. The molecule has 0 saturated carbocycles. The maximum Gasteiger partial charge on any atom is 0.240 e. The molecule has 18 heavy (non-hydrogen) atoms. The minimum atomic E-state index is 0.127. The molecule has 0 aromatic heterocycles. The van der Waals surface area contributed by atoms with Gasteiger partial charge in [0.25, 0.3) is 0 Å². The average molecular weight is 282 g/mol. The average Bonchev–Trinajstić information content (AvgIpc) is 2.74. The van der Waals surface area contributed by atoms with Gasteiger partial charge in [0, 0.05) is 10.7 Å². The van der Waals surface area contributed by atoms with Crippen molar-refractivity contribution in [3.8, 4) is 0 Å². The van der Waals surface area contributed by atoms with Crippen LogP contribution in [0.5, 0.6) is 0 Å². The van der Waals surface area contributed by atoms with Gasteiger partial charge in [-0.15, -0.1) is 0 Å². The Morgan fingerprint density at radius 1 is 1.44 bits per heavy atom. The number of rotatable bonds is 1. The molecule has 1 fully saturated rings. The van der Waals surface area contributed by atoms with E-state index in [0.717, 1.165) is 21.4 Å². The van der Waals surface area contributed by atoms with Gasteiger partial charge in [0.2, 0.25) is 5.91 Å². The van der Waals surface area contributed by atoms with Crippen LogP contribution in [0.1, 0.15) is 5.56 Å². The molecule has 0 atom stereocenters. The van der Waals surface area contributed by atoms with Crippen molar-refractivity contribution in [1.82, 2.24) is 4.90 Å². The Hall–Kier alpha value is -1.20. The number of anilines is 1. The largest absolute Gasteiger partial charge is 0.334 e. The van der Waals surface area contributed by atoms with Crippen molar-refractivity contribution in [2.45, 2.75) is 6.92 Å². The molecular formula is C12H12ClN3OS. The van der Waals surface area contributed by atoms with Crippen molar-refractivity contribution in [2.24, 2.45) is 4.99 Å². The summed E-state index contributed by atoms with van der Waals surface area (Å²) in [4.78, 5) is 19.9. The van der Waals surface area contributed by atoms with Gasteiger partial charge in [-0.3, -0.25) is 9.69 Å². The maximum absolute atomic E-state index is 11.7. The van der Waals surface area contributed by atoms with Crippen LogP contribution in [0.2, 0.25) is 5.02 Å². The topological polar surface area (TPSA) is 35.9 Å². The molecule has 0 N–H and O–H groups in total. The Kier molecular flexibility index (Phi) is 2.95. The number of amides is 1.